The lowest BCUT2D eigenvalue weighted by Gasteiger charge is -2.18. The maximum Gasteiger partial charge on any atom is 0.349 e. The van der Waals surface area contributed by atoms with Gasteiger partial charge in [-0.25, -0.2) is 9.18 Å². The van der Waals surface area contributed by atoms with Crippen molar-refractivity contribution in [1.82, 2.24) is 5.32 Å². The predicted octanol–water partition coefficient (Wildman–Crippen LogP) is 4.76. The topological polar surface area (TPSA) is 55.4 Å². The van der Waals surface area contributed by atoms with Crippen LogP contribution in [0.25, 0.3) is 0 Å². The van der Waals surface area contributed by atoms with E-state index >= 15 is 0 Å². The molecule has 1 amide bonds. The predicted molar refractivity (Wildman–Crippen MR) is 102 cm³/mol. The van der Waals surface area contributed by atoms with Crippen molar-refractivity contribution in [3.05, 3.63) is 92.9 Å². The van der Waals surface area contributed by atoms with Gasteiger partial charge in [0.1, 0.15) is 10.7 Å². The molecule has 3 rings (SSSR count). The Balaban J connectivity index is 1.75. The third kappa shape index (κ3) is 5.15. The van der Waals surface area contributed by atoms with E-state index < -0.39 is 18.0 Å². The molecule has 2 aromatic carbocycles. The smallest absolute Gasteiger partial charge is 0.349 e. The van der Waals surface area contributed by atoms with Crippen molar-refractivity contribution in [2.24, 2.45) is 0 Å². The minimum absolute atomic E-state index is 0.180. The van der Waals surface area contributed by atoms with Crippen LogP contribution >= 0.6 is 22.9 Å². The van der Waals surface area contributed by atoms with Gasteiger partial charge in [-0.15, -0.1) is 11.3 Å². The molecule has 3 aromatic rings. The Morgan fingerprint density at radius 1 is 1.07 bits per heavy atom. The largest absolute Gasteiger partial charge is 0.443 e. The average Bonchev–Trinajstić information content (AvgIpc) is 3.21. The van der Waals surface area contributed by atoms with Crippen LogP contribution in [-0.4, -0.2) is 11.9 Å². The van der Waals surface area contributed by atoms with Crippen LogP contribution in [0, 0.1) is 5.82 Å². The summed E-state index contributed by atoms with van der Waals surface area (Å²) in [5, 5.41) is 4.97. The van der Waals surface area contributed by atoms with Crippen LogP contribution in [0.5, 0.6) is 0 Å². The van der Waals surface area contributed by atoms with Crippen LogP contribution < -0.4 is 5.32 Å². The van der Waals surface area contributed by atoms with Crippen LogP contribution in [0.15, 0.2) is 66.0 Å². The van der Waals surface area contributed by atoms with Crippen molar-refractivity contribution in [3.8, 4) is 0 Å². The van der Waals surface area contributed by atoms with Crippen molar-refractivity contribution >= 4 is 34.8 Å². The van der Waals surface area contributed by atoms with Crippen molar-refractivity contribution in [2.45, 2.75) is 12.6 Å². The first-order chi connectivity index (χ1) is 13.0. The monoisotopic (exact) mass is 403 g/mol. The maximum absolute atomic E-state index is 13.0. The van der Waals surface area contributed by atoms with E-state index in [2.05, 4.69) is 5.32 Å². The number of carbonyl (C=O) groups is 2. The second-order valence-electron chi connectivity index (χ2n) is 5.66. The molecule has 0 saturated heterocycles. The van der Waals surface area contributed by atoms with Gasteiger partial charge in [0, 0.05) is 17.1 Å². The zero-order chi connectivity index (χ0) is 19.2. The molecule has 0 fully saturated rings. The molecule has 1 aromatic heterocycles. The molecule has 0 radical (unpaired) electrons. The van der Waals surface area contributed by atoms with Crippen LogP contribution in [0.1, 0.15) is 26.9 Å². The van der Waals surface area contributed by atoms with Crippen LogP contribution in [0.3, 0.4) is 0 Å². The van der Waals surface area contributed by atoms with Gasteiger partial charge in [-0.05, 0) is 41.3 Å². The Morgan fingerprint density at radius 2 is 1.78 bits per heavy atom. The van der Waals surface area contributed by atoms with Crippen molar-refractivity contribution in [2.75, 3.05) is 0 Å². The summed E-state index contributed by atoms with van der Waals surface area (Å²) < 4.78 is 18.4. The molecule has 0 spiro atoms. The Hall–Kier alpha value is -2.70. The molecular weight excluding hydrogens is 389 g/mol. The molecule has 1 N–H and O–H groups in total. The number of esters is 1. The molecule has 0 aliphatic carbocycles. The fourth-order valence-corrected chi connectivity index (χ4v) is 3.09. The third-order valence-electron chi connectivity index (χ3n) is 3.74. The summed E-state index contributed by atoms with van der Waals surface area (Å²) >= 11 is 7.13. The van der Waals surface area contributed by atoms with Gasteiger partial charge in [-0.3, -0.25) is 4.79 Å². The molecule has 1 atom stereocenters. The van der Waals surface area contributed by atoms with Crippen molar-refractivity contribution in [1.29, 1.82) is 0 Å². The summed E-state index contributed by atoms with van der Waals surface area (Å²) in [5.41, 5.74) is 1.23. The number of nitrogens with one attached hydrogen (secondary N) is 1. The number of carbonyl (C=O) groups excluding carboxylic acids is 2. The molecule has 0 saturated carbocycles. The van der Waals surface area contributed by atoms with E-state index in [9.17, 15) is 14.0 Å². The third-order valence-corrected chi connectivity index (χ3v) is 4.84. The summed E-state index contributed by atoms with van der Waals surface area (Å²) in [7, 11) is 0. The number of ether oxygens (including phenoxy) is 1. The number of benzene rings is 2. The second kappa shape index (κ2) is 8.79. The van der Waals surface area contributed by atoms with E-state index in [1.807, 2.05) is 0 Å². The Bertz CT molecular complexity index is 911. The lowest BCUT2D eigenvalue weighted by molar-refractivity contribution is -0.130. The first-order valence-electron chi connectivity index (χ1n) is 8.05. The molecule has 1 heterocycles. The molecule has 27 heavy (non-hydrogen) atoms. The molecular formula is C20H15ClFNO3S. The van der Waals surface area contributed by atoms with E-state index in [0.29, 0.717) is 15.5 Å². The number of thiophene rings is 1. The van der Waals surface area contributed by atoms with Gasteiger partial charge in [-0.2, -0.15) is 0 Å². The van der Waals surface area contributed by atoms with Gasteiger partial charge in [0.25, 0.3) is 5.91 Å². The first-order valence-corrected chi connectivity index (χ1v) is 9.31. The van der Waals surface area contributed by atoms with Gasteiger partial charge < -0.3 is 10.1 Å². The van der Waals surface area contributed by atoms with Crippen LogP contribution in [-0.2, 0) is 16.1 Å². The fraction of sp³-hybridized carbons (Fsp3) is 0.100. The molecule has 0 bridgehead atoms. The van der Waals surface area contributed by atoms with Gasteiger partial charge >= 0.3 is 5.97 Å². The Kier molecular flexibility index (Phi) is 6.21. The lowest BCUT2D eigenvalue weighted by atomic mass is 10.1. The molecule has 1 unspecified atom stereocenters. The highest BCUT2D eigenvalue weighted by Crippen LogP contribution is 2.23. The highest BCUT2D eigenvalue weighted by atomic mass is 35.5. The Labute approximate surface area is 164 Å². The normalized spacial score (nSPS) is 11.6. The summed E-state index contributed by atoms with van der Waals surface area (Å²) in [6.07, 6.45) is -1.13. The molecule has 138 valence electrons. The van der Waals surface area contributed by atoms with E-state index in [-0.39, 0.29) is 12.4 Å². The lowest BCUT2D eigenvalue weighted by Crippen LogP contribution is -2.31. The van der Waals surface area contributed by atoms with Gasteiger partial charge in [0.15, 0.2) is 0 Å². The number of halogens is 2. The minimum Gasteiger partial charge on any atom is -0.443 e. The Morgan fingerprint density at radius 3 is 2.41 bits per heavy atom. The molecule has 7 heteroatoms. The molecule has 0 aliphatic heterocycles. The van der Waals surface area contributed by atoms with E-state index in [4.69, 9.17) is 16.3 Å². The number of rotatable bonds is 6. The zero-order valence-electron chi connectivity index (χ0n) is 14.0. The minimum atomic E-state index is -1.13. The average molecular weight is 404 g/mol. The van der Waals surface area contributed by atoms with Crippen LogP contribution in [0.4, 0.5) is 4.39 Å². The molecule has 0 aliphatic rings. The van der Waals surface area contributed by atoms with Crippen molar-refractivity contribution < 1.29 is 18.7 Å². The highest BCUT2D eigenvalue weighted by molar-refractivity contribution is 7.11. The van der Waals surface area contributed by atoms with Gasteiger partial charge in [0.05, 0.1) is 0 Å². The summed E-state index contributed by atoms with van der Waals surface area (Å²) in [5.74, 6) is -1.41. The summed E-state index contributed by atoms with van der Waals surface area (Å²) in [4.78, 5) is 25.4. The fourth-order valence-electron chi connectivity index (χ4n) is 2.35. The van der Waals surface area contributed by atoms with Gasteiger partial charge in [-0.1, -0.05) is 41.9 Å². The van der Waals surface area contributed by atoms with E-state index in [0.717, 1.165) is 5.56 Å². The van der Waals surface area contributed by atoms with Crippen LogP contribution in [0.2, 0.25) is 5.02 Å². The number of amides is 1. The number of hydrogen-bond donors (Lipinski definition) is 1. The first kappa shape index (κ1) is 19.1. The van der Waals surface area contributed by atoms with Gasteiger partial charge in [0.2, 0.25) is 6.10 Å². The quantitative estimate of drug-likeness (QED) is 0.604. The SMILES string of the molecule is O=C(OC(C(=O)NCc1ccc(F)cc1)c1ccc(Cl)cc1)c1cccs1. The van der Waals surface area contributed by atoms with E-state index in [1.54, 1.807) is 53.9 Å². The van der Waals surface area contributed by atoms with E-state index in [1.165, 1.54) is 23.5 Å². The molecule has 4 nitrogen and oxygen atoms in total. The highest BCUT2D eigenvalue weighted by Gasteiger charge is 2.26. The second-order valence-corrected chi connectivity index (χ2v) is 7.04. The standard InChI is InChI=1S/C20H15ClFNO3S/c21-15-7-5-14(6-8-15)18(26-20(25)17-2-1-11-27-17)19(24)23-12-13-3-9-16(22)10-4-13/h1-11,18H,12H2,(H,23,24). The van der Waals surface area contributed by atoms with Crippen molar-refractivity contribution in [3.63, 3.8) is 0 Å². The maximum atomic E-state index is 13.0. The zero-order valence-corrected chi connectivity index (χ0v) is 15.6. The summed E-state index contributed by atoms with van der Waals surface area (Å²) in [6, 6.07) is 15.6. The summed E-state index contributed by atoms with van der Waals surface area (Å²) in [6.45, 7) is 0.180. The number of hydrogen-bond acceptors (Lipinski definition) is 4.